The van der Waals surface area contributed by atoms with Crippen LogP contribution in [0, 0.1) is 32.9 Å². The van der Waals surface area contributed by atoms with Crippen LogP contribution < -0.4 is 5.59 Å². The van der Waals surface area contributed by atoms with Crippen LogP contribution in [0.1, 0.15) is 55.5 Å². The Morgan fingerprint density at radius 3 is 1.05 bits per heavy atom. The lowest BCUT2D eigenvalue weighted by Gasteiger charge is -2.32. The maximum absolute atomic E-state index is 7.22. The van der Waals surface area contributed by atoms with Crippen molar-refractivity contribution in [1.82, 2.24) is 88.4 Å². The molecule has 0 bridgehead atoms. The number of nitrogens with zero attached hydrogens (tertiary/aromatic N) is 22. The summed E-state index contributed by atoms with van der Waals surface area (Å²) >= 11 is 43.2. The minimum absolute atomic E-state index is 0.290. The van der Waals surface area contributed by atoms with E-state index in [0.29, 0.717) is 74.7 Å². The van der Waals surface area contributed by atoms with Crippen LogP contribution in [0.5, 0.6) is 0 Å². The molecule has 1 saturated heterocycles. The van der Waals surface area contributed by atoms with E-state index < -0.39 is 0 Å². The van der Waals surface area contributed by atoms with Crippen LogP contribution in [-0.2, 0) is 69.0 Å². The van der Waals surface area contributed by atoms with Crippen molar-refractivity contribution in [3.05, 3.63) is 319 Å². The Morgan fingerprint density at radius 2 is 0.759 bits per heavy atom. The largest absolute Gasteiger partial charge is 0.514 e. The Hall–Kier alpha value is -10.2. The number of hydrogen-bond acceptors (Lipinski definition) is 11. The van der Waals surface area contributed by atoms with E-state index in [4.69, 9.17) is 100 Å². The predicted octanol–water partition coefficient (Wildman–Crippen LogP) is 20.9. The number of halogens is 9. The Balaban J connectivity index is 0.000000153. The van der Waals surface area contributed by atoms with E-state index in [-0.39, 0.29) is 18.3 Å². The lowest BCUT2D eigenvalue weighted by Crippen LogP contribution is -2.41. The van der Waals surface area contributed by atoms with E-state index in [1.807, 2.05) is 190 Å². The van der Waals surface area contributed by atoms with Gasteiger partial charge in [0.2, 0.25) is 0 Å². The Kier molecular flexibility index (Phi) is 30.9. The molecule has 15 rings (SSSR count). The van der Waals surface area contributed by atoms with E-state index in [1.165, 1.54) is 0 Å². The Bertz CT molecular complexity index is 5550. The van der Waals surface area contributed by atoms with Crippen molar-refractivity contribution < 1.29 is 9.31 Å². The smallest absolute Gasteiger partial charge is 0.398 e. The molecule has 0 saturated carbocycles. The molecular formula is C77H67BBr4Cl5N23O2. The number of hydrogen-bond donors (Lipinski definition) is 1. The van der Waals surface area contributed by atoms with E-state index >= 15 is 0 Å². The minimum Gasteiger partial charge on any atom is -0.398 e. The second kappa shape index (κ2) is 40.3. The summed E-state index contributed by atoms with van der Waals surface area (Å²) in [5.74, 6) is 0. The van der Waals surface area contributed by atoms with Gasteiger partial charge in [0.1, 0.15) is 5.15 Å². The summed E-state index contributed by atoms with van der Waals surface area (Å²) in [4.78, 5) is 17.4. The topological polar surface area (TPSA) is 212 Å². The van der Waals surface area contributed by atoms with Crippen LogP contribution in [0.3, 0.4) is 0 Å². The molecule has 0 amide bonds. The van der Waals surface area contributed by atoms with Gasteiger partial charge >= 0.3 is 7.12 Å². The number of nitrogens with one attached hydrogen (secondary N) is 1. The highest BCUT2D eigenvalue weighted by Crippen LogP contribution is 2.38. The summed E-state index contributed by atoms with van der Waals surface area (Å²) in [5.41, 5.74) is 13.5. The number of alkyl halides is 1. The lowest BCUT2D eigenvalue weighted by molar-refractivity contribution is 0.00578. The summed E-state index contributed by atoms with van der Waals surface area (Å²) in [6, 6.07) is 43.2. The van der Waals surface area contributed by atoms with E-state index in [2.05, 4.69) is 139 Å². The molecule has 0 unspecified atom stereocenters. The van der Waals surface area contributed by atoms with Gasteiger partial charge in [-0.15, -0.1) is 0 Å². The third kappa shape index (κ3) is 22.3. The SMILES string of the molecule is Clc1[nH]ncc1Br.Cn1nccc1B1OC(C)(C)C(C)(C)O1.[C-]#[N+]c1ccccc1CBr.[C-]#[N+]c1ccccc1Cn1cc(-c2c(Br)cnn2C)c(Cl)n1.[C-]#[N+]c1ccccc1Cn1cc(-c2ccnn2C)c(Cl)n1.[C-]#[N+]c1ccccc1Cn1cc(-c2ccnn2C)c(Cl)n1.[C-]#[N+]c1ccccc1Cn1cc(Br)c(Cl)n1. The third-order valence-electron chi connectivity index (χ3n) is 17.1. The summed E-state index contributed by atoms with van der Waals surface area (Å²) in [7, 11) is 7.14. The van der Waals surface area contributed by atoms with Crippen LogP contribution in [0.15, 0.2) is 209 Å². The zero-order chi connectivity index (χ0) is 80.8. The summed E-state index contributed by atoms with van der Waals surface area (Å²) in [6.45, 7) is 45.7. The lowest BCUT2D eigenvalue weighted by atomic mass is 9.85. The van der Waals surface area contributed by atoms with E-state index in [9.17, 15) is 0 Å². The van der Waals surface area contributed by atoms with Gasteiger partial charge in [-0.05, 0) is 122 Å². The molecule has 0 aliphatic carbocycles. The van der Waals surface area contributed by atoms with Gasteiger partial charge in [0.15, 0.2) is 49.0 Å². The molecule has 25 nitrogen and oxygen atoms in total. The van der Waals surface area contributed by atoms with Gasteiger partial charge in [-0.3, -0.25) is 42.6 Å². The van der Waals surface area contributed by atoms with E-state index in [1.54, 1.807) is 98.9 Å². The van der Waals surface area contributed by atoms with Crippen LogP contribution in [-0.4, -0.2) is 107 Å². The first-order valence-electron chi connectivity index (χ1n) is 33.4. The van der Waals surface area contributed by atoms with Gasteiger partial charge in [0, 0.05) is 76.9 Å². The van der Waals surface area contributed by atoms with Crippen molar-refractivity contribution in [3.8, 4) is 33.8 Å². The van der Waals surface area contributed by atoms with Crippen LogP contribution >= 0.6 is 122 Å². The summed E-state index contributed by atoms with van der Waals surface area (Å²) in [5, 5.41) is 42.8. The van der Waals surface area contributed by atoms with Gasteiger partial charge in [-0.25, -0.2) is 24.2 Å². The average Bonchev–Trinajstić information content (AvgIpc) is 1.60. The molecule has 112 heavy (non-hydrogen) atoms. The average molecular weight is 1850 g/mol. The van der Waals surface area contributed by atoms with E-state index in [0.717, 1.165) is 91.6 Å². The predicted molar refractivity (Wildman–Crippen MR) is 454 cm³/mol. The van der Waals surface area contributed by atoms with Crippen molar-refractivity contribution in [1.29, 1.82) is 0 Å². The Morgan fingerprint density at radius 1 is 0.411 bits per heavy atom. The number of rotatable bonds is 13. The van der Waals surface area contributed by atoms with Crippen molar-refractivity contribution >= 4 is 163 Å². The maximum Gasteiger partial charge on any atom is 0.514 e. The number of aromatic amines is 1. The third-order valence-corrected chi connectivity index (χ3v) is 21.3. The van der Waals surface area contributed by atoms with Crippen molar-refractivity contribution in [2.24, 2.45) is 28.2 Å². The molecule has 0 spiro atoms. The number of aryl methyl sites for hydroxylation is 4. The zero-order valence-corrected chi connectivity index (χ0v) is 71.3. The normalized spacial score (nSPS) is 12.0. The molecule has 568 valence electrons. The molecule has 1 fully saturated rings. The number of para-hydroxylation sites is 5. The fourth-order valence-electron chi connectivity index (χ4n) is 10.7. The van der Waals surface area contributed by atoms with Gasteiger partial charge in [0.05, 0.1) is 135 Å². The molecule has 14 aromatic rings. The molecule has 10 heterocycles. The van der Waals surface area contributed by atoms with Crippen LogP contribution in [0.25, 0.3) is 58.0 Å². The van der Waals surface area contributed by atoms with Crippen LogP contribution in [0.4, 0.5) is 28.4 Å². The molecule has 1 aliphatic rings. The Labute approximate surface area is 706 Å². The first-order valence-corrected chi connectivity index (χ1v) is 38.8. The standard InChI is InChI=1S/C15H11BrClN5.2C15H12ClN5.C11H7BrClN3.C10H17BN2O2.C8H6BrN.C3H2BrClN2/c1-18-13-6-4-3-5-10(13)8-22-9-11(15(17)20-22)14-12(16)7-19-21(14)2;2*1-17-13-6-4-3-5-11(13)9-21-10-12(15(16)19-21)14-7-8-18-20(14)2;1-14-10-5-3-2-4-8(10)6-16-7-9(12)11(13)15-16;1-9(2)10(3,4)15-11(14-9)8-6-7-12-13(8)5;1-10-8-5-3-2-4-7(8)6-9;4-2-1-6-7-3(2)5/h3-7,9H,8H2,2H3;2*3-8,10H,9H2,2H3;2-5,7H,6H2;6-7H,1-5H3;2-5H,6H2;1H,(H,6,7). The number of H-pyrrole nitrogens is 1. The monoisotopic (exact) mass is 1850 g/mol. The quantitative estimate of drug-likeness (QED) is 0.0651. The minimum atomic E-state index is -0.317. The molecule has 1 aliphatic heterocycles. The molecule has 35 heteroatoms. The van der Waals surface area contributed by atoms with Crippen LogP contribution in [0.2, 0.25) is 25.8 Å². The molecule has 1 N–H and O–H groups in total. The van der Waals surface area contributed by atoms with Crippen molar-refractivity contribution in [2.45, 2.75) is 70.4 Å². The van der Waals surface area contributed by atoms with Gasteiger partial charge in [-0.1, -0.05) is 195 Å². The van der Waals surface area contributed by atoms with Crippen molar-refractivity contribution in [3.63, 3.8) is 0 Å². The fourth-order valence-corrected chi connectivity index (χ4v) is 13.2. The molecule has 0 radical (unpaired) electrons. The van der Waals surface area contributed by atoms with Gasteiger partial charge < -0.3 is 9.31 Å². The number of benzene rings is 5. The molecule has 0 atom stereocenters. The fraction of sp³-hybridized carbons (Fsp3) is 0.195. The highest BCUT2D eigenvalue weighted by Gasteiger charge is 2.52. The van der Waals surface area contributed by atoms with Gasteiger partial charge in [0.25, 0.3) is 0 Å². The summed E-state index contributed by atoms with van der Waals surface area (Å²) < 4.78 is 28.2. The maximum atomic E-state index is 7.22. The first kappa shape index (κ1) is 85.8. The second-order valence-electron chi connectivity index (χ2n) is 25.0. The first-order chi connectivity index (χ1) is 53.7. The highest BCUT2D eigenvalue weighted by molar-refractivity contribution is 9.11. The van der Waals surface area contributed by atoms with Gasteiger partial charge in [-0.2, -0.15) is 45.9 Å². The zero-order valence-electron chi connectivity index (χ0n) is 61.1. The molecule has 9 aromatic heterocycles. The highest BCUT2D eigenvalue weighted by atomic mass is 79.9. The number of aromatic nitrogens is 18. The molecule has 5 aromatic carbocycles. The summed E-state index contributed by atoms with van der Waals surface area (Å²) in [6.07, 6.45) is 15.9. The van der Waals surface area contributed by atoms with Crippen molar-refractivity contribution in [2.75, 3.05) is 0 Å². The molecular weight excluding hydrogens is 1790 g/mol. The second-order valence-corrected chi connectivity index (χ2v) is 30.0.